The summed E-state index contributed by atoms with van der Waals surface area (Å²) in [5.41, 5.74) is 6.33. The molecule has 0 saturated heterocycles. The highest BCUT2D eigenvalue weighted by Crippen LogP contribution is 2.13. The minimum atomic E-state index is -3.53. The van der Waals surface area contributed by atoms with Crippen LogP contribution in [-0.2, 0) is 21.2 Å². The Kier molecular flexibility index (Phi) is 8.38. The minimum Gasteiger partial charge on any atom is -0.369 e. The lowest BCUT2D eigenvalue weighted by Gasteiger charge is -2.24. The Balaban J connectivity index is 2.71. The van der Waals surface area contributed by atoms with Gasteiger partial charge in [-0.3, -0.25) is 4.79 Å². The van der Waals surface area contributed by atoms with Crippen molar-refractivity contribution >= 4 is 15.9 Å². The molecule has 1 aromatic carbocycles. The molecule has 0 bridgehead atoms. The second-order valence-electron chi connectivity index (χ2n) is 5.92. The third-order valence-corrected chi connectivity index (χ3v) is 6.20. The zero-order valence-corrected chi connectivity index (χ0v) is 15.6. The molecule has 1 atom stereocenters. The molecule has 136 valence electrons. The van der Waals surface area contributed by atoms with Gasteiger partial charge in [0.15, 0.2) is 0 Å². The standard InChI is InChI=1S/C17H29N3O3S/c1-4-20(5-2)12-11-19(3)24(22,23)14-16(17(18)21)13-15-9-7-6-8-10-15/h6-10,16H,4-5,11-14H2,1-3H3,(H2,18,21)/t16-/m1/s1. The van der Waals surface area contributed by atoms with Crippen LogP contribution < -0.4 is 5.73 Å². The molecule has 7 heteroatoms. The number of carbonyl (C=O) groups excluding carboxylic acids is 1. The van der Waals surface area contributed by atoms with E-state index in [9.17, 15) is 13.2 Å². The third kappa shape index (κ3) is 6.59. The van der Waals surface area contributed by atoms with Crippen LogP contribution in [-0.4, -0.2) is 62.5 Å². The number of rotatable bonds is 11. The highest BCUT2D eigenvalue weighted by molar-refractivity contribution is 7.89. The van der Waals surface area contributed by atoms with Gasteiger partial charge in [0.2, 0.25) is 15.9 Å². The maximum absolute atomic E-state index is 12.5. The van der Waals surface area contributed by atoms with Crippen LogP contribution in [0.1, 0.15) is 19.4 Å². The molecule has 0 fully saturated rings. The Hall–Kier alpha value is -1.44. The van der Waals surface area contributed by atoms with Crippen molar-refractivity contribution in [3.8, 4) is 0 Å². The van der Waals surface area contributed by atoms with Crippen LogP contribution in [0.3, 0.4) is 0 Å². The summed E-state index contributed by atoms with van der Waals surface area (Å²) in [6.07, 6.45) is 0.333. The van der Waals surface area contributed by atoms with Gasteiger partial charge >= 0.3 is 0 Å². The number of amides is 1. The quantitative estimate of drug-likeness (QED) is 0.640. The van der Waals surface area contributed by atoms with Crippen LogP contribution in [0.4, 0.5) is 0 Å². The van der Waals surface area contributed by atoms with Gasteiger partial charge in [-0.1, -0.05) is 44.2 Å². The number of likely N-dealkylation sites (N-methyl/N-ethyl adjacent to an activating group) is 2. The summed E-state index contributed by atoms with van der Waals surface area (Å²) in [5.74, 6) is -1.57. The van der Waals surface area contributed by atoms with Crippen LogP contribution in [0, 0.1) is 5.92 Å². The monoisotopic (exact) mass is 355 g/mol. The molecule has 0 aliphatic heterocycles. The lowest BCUT2D eigenvalue weighted by atomic mass is 10.0. The molecule has 1 aromatic rings. The number of benzene rings is 1. The summed E-state index contributed by atoms with van der Waals surface area (Å²) in [6.45, 7) is 6.91. The van der Waals surface area contributed by atoms with Crippen molar-refractivity contribution in [1.29, 1.82) is 0 Å². The molecule has 0 spiro atoms. The summed E-state index contributed by atoms with van der Waals surface area (Å²) in [5, 5.41) is 0. The number of sulfonamides is 1. The second-order valence-corrected chi connectivity index (χ2v) is 8.04. The van der Waals surface area contributed by atoms with Gasteiger partial charge in [0, 0.05) is 20.1 Å². The predicted octanol–water partition coefficient (Wildman–Crippen LogP) is 0.934. The molecule has 24 heavy (non-hydrogen) atoms. The lowest BCUT2D eigenvalue weighted by Crippen LogP contribution is -2.41. The average molecular weight is 356 g/mol. The van der Waals surface area contributed by atoms with Crippen LogP contribution in [0.5, 0.6) is 0 Å². The summed E-state index contributed by atoms with van der Waals surface area (Å²) < 4.78 is 26.4. The first-order valence-electron chi connectivity index (χ1n) is 8.29. The molecule has 0 aliphatic rings. The van der Waals surface area contributed by atoms with Crippen LogP contribution >= 0.6 is 0 Å². The van der Waals surface area contributed by atoms with Gasteiger partial charge in [-0.25, -0.2) is 12.7 Å². The zero-order valence-electron chi connectivity index (χ0n) is 14.8. The Labute approximate surface area is 145 Å². The first kappa shape index (κ1) is 20.6. The minimum absolute atomic E-state index is 0.258. The number of carbonyl (C=O) groups is 1. The van der Waals surface area contributed by atoms with Crippen molar-refractivity contribution < 1.29 is 13.2 Å². The van der Waals surface area contributed by atoms with Crippen molar-refractivity contribution in [3.05, 3.63) is 35.9 Å². The van der Waals surface area contributed by atoms with E-state index in [-0.39, 0.29) is 5.75 Å². The average Bonchev–Trinajstić information content (AvgIpc) is 2.55. The summed E-state index contributed by atoms with van der Waals surface area (Å²) in [4.78, 5) is 13.8. The molecule has 0 aromatic heterocycles. The van der Waals surface area contributed by atoms with Gasteiger partial charge < -0.3 is 10.6 Å². The number of nitrogens with zero attached hydrogens (tertiary/aromatic N) is 2. The van der Waals surface area contributed by atoms with Crippen molar-refractivity contribution in [2.24, 2.45) is 11.7 Å². The molecule has 0 heterocycles. The van der Waals surface area contributed by atoms with Crippen molar-refractivity contribution in [3.63, 3.8) is 0 Å². The fraction of sp³-hybridized carbons (Fsp3) is 0.588. The summed E-state index contributed by atoms with van der Waals surface area (Å²) in [6, 6.07) is 9.33. The van der Waals surface area contributed by atoms with Crippen molar-refractivity contribution in [2.45, 2.75) is 20.3 Å². The molecular weight excluding hydrogens is 326 g/mol. The highest BCUT2D eigenvalue weighted by Gasteiger charge is 2.27. The highest BCUT2D eigenvalue weighted by atomic mass is 32.2. The van der Waals surface area contributed by atoms with Gasteiger partial charge in [-0.15, -0.1) is 0 Å². The number of nitrogens with two attached hydrogens (primary N) is 1. The molecule has 0 aliphatic carbocycles. The Morgan fingerprint density at radius 2 is 1.71 bits per heavy atom. The van der Waals surface area contributed by atoms with E-state index in [0.717, 1.165) is 18.7 Å². The predicted molar refractivity (Wildman–Crippen MR) is 97.0 cm³/mol. The second kappa shape index (κ2) is 9.76. The fourth-order valence-electron chi connectivity index (χ4n) is 2.48. The summed E-state index contributed by atoms with van der Waals surface area (Å²) >= 11 is 0. The van der Waals surface area contributed by atoms with Gasteiger partial charge in [-0.05, 0) is 25.1 Å². The van der Waals surface area contributed by atoms with Gasteiger partial charge in [0.1, 0.15) is 0 Å². The van der Waals surface area contributed by atoms with Gasteiger partial charge in [0.25, 0.3) is 0 Å². The molecule has 0 saturated carbocycles. The van der Waals surface area contributed by atoms with E-state index in [4.69, 9.17) is 5.73 Å². The molecule has 0 radical (unpaired) electrons. The largest absolute Gasteiger partial charge is 0.369 e. The lowest BCUT2D eigenvalue weighted by molar-refractivity contribution is -0.121. The van der Waals surface area contributed by atoms with E-state index in [1.54, 1.807) is 7.05 Å². The van der Waals surface area contributed by atoms with E-state index in [1.165, 1.54) is 4.31 Å². The number of hydrogen-bond donors (Lipinski definition) is 1. The first-order chi connectivity index (χ1) is 11.3. The van der Waals surface area contributed by atoms with Crippen LogP contribution in [0.15, 0.2) is 30.3 Å². The van der Waals surface area contributed by atoms with E-state index in [2.05, 4.69) is 4.90 Å². The van der Waals surface area contributed by atoms with Crippen molar-refractivity contribution in [1.82, 2.24) is 9.21 Å². The normalized spacial score (nSPS) is 13.4. The molecule has 1 rings (SSSR count). The van der Waals surface area contributed by atoms with Crippen LogP contribution in [0.25, 0.3) is 0 Å². The van der Waals surface area contributed by atoms with E-state index in [0.29, 0.717) is 19.5 Å². The SMILES string of the molecule is CCN(CC)CCN(C)S(=O)(=O)C[C@@H](Cc1ccccc1)C(N)=O. The van der Waals surface area contributed by atoms with E-state index < -0.39 is 21.8 Å². The van der Waals surface area contributed by atoms with Gasteiger partial charge in [0.05, 0.1) is 11.7 Å². The fourth-order valence-corrected chi connectivity index (χ4v) is 3.89. The first-order valence-corrected chi connectivity index (χ1v) is 9.90. The van der Waals surface area contributed by atoms with E-state index >= 15 is 0 Å². The molecule has 6 nitrogen and oxygen atoms in total. The topological polar surface area (TPSA) is 83.7 Å². The number of primary amides is 1. The summed E-state index contributed by atoms with van der Waals surface area (Å²) in [7, 11) is -1.98. The molecule has 2 N–H and O–H groups in total. The maximum atomic E-state index is 12.5. The Morgan fingerprint density at radius 1 is 1.12 bits per heavy atom. The third-order valence-electron chi connectivity index (χ3n) is 4.24. The van der Waals surface area contributed by atoms with E-state index in [1.807, 2.05) is 44.2 Å². The number of hydrogen-bond acceptors (Lipinski definition) is 4. The van der Waals surface area contributed by atoms with Gasteiger partial charge in [-0.2, -0.15) is 0 Å². The Morgan fingerprint density at radius 3 is 2.21 bits per heavy atom. The molecule has 0 unspecified atom stereocenters. The Bertz CT molecular complexity index is 601. The maximum Gasteiger partial charge on any atom is 0.221 e. The molecule has 1 amide bonds. The van der Waals surface area contributed by atoms with Crippen LogP contribution in [0.2, 0.25) is 0 Å². The zero-order chi connectivity index (χ0) is 18.2. The smallest absolute Gasteiger partial charge is 0.221 e. The molecular formula is C17H29N3O3S. The van der Waals surface area contributed by atoms with Crippen molar-refractivity contribution in [2.75, 3.05) is 39.0 Å².